The summed E-state index contributed by atoms with van der Waals surface area (Å²) in [5, 5.41) is 0. The van der Waals surface area contributed by atoms with E-state index in [2.05, 4.69) is 0 Å². The fourth-order valence-corrected chi connectivity index (χ4v) is 1.97. The van der Waals surface area contributed by atoms with Gasteiger partial charge in [-0.05, 0) is 36.5 Å². The normalized spacial score (nSPS) is 15.0. The van der Waals surface area contributed by atoms with E-state index in [0.717, 1.165) is 5.56 Å². The third-order valence-electron chi connectivity index (χ3n) is 3.38. The molecule has 4 heteroatoms. The smallest absolute Gasteiger partial charge is 0.341 e. The molecule has 2 N–H and O–H groups in total. The Morgan fingerprint density at radius 1 is 1.44 bits per heavy atom. The van der Waals surface area contributed by atoms with Gasteiger partial charge in [0, 0.05) is 6.54 Å². The van der Waals surface area contributed by atoms with Crippen LogP contribution in [0.4, 0.5) is 0 Å². The minimum absolute atomic E-state index is 0.381. The summed E-state index contributed by atoms with van der Waals surface area (Å²) in [6.45, 7) is 1.07. The SMILES string of the molecule is COC(=O)c1cc(CN)ccc1OCC1CCC1. The van der Waals surface area contributed by atoms with Crippen LogP contribution in [0.15, 0.2) is 18.2 Å². The third-order valence-corrected chi connectivity index (χ3v) is 3.38. The molecule has 0 heterocycles. The van der Waals surface area contributed by atoms with E-state index in [0.29, 0.717) is 30.4 Å². The number of carbonyl (C=O) groups excluding carboxylic acids is 1. The van der Waals surface area contributed by atoms with E-state index < -0.39 is 0 Å². The van der Waals surface area contributed by atoms with Gasteiger partial charge in [-0.3, -0.25) is 0 Å². The first-order chi connectivity index (χ1) is 8.74. The Balaban J connectivity index is 2.13. The van der Waals surface area contributed by atoms with Crippen molar-refractivity contribution in [1.82, 2.24) is 0 Å². The Labute approximate surface area is 107 Å². The number of hydrogen-bond acceptors (Lipinski definition) is 4. The molecule has 0 spiro atoms. The molecule has 0 atom stereocenters. The number of methoxy groups -OCH3 is 1. The largest absolute Gasteiger partial charge is 0.492 e. The summed E-state index contributed by atoms with van der Waals surface area (Å²) in [5.74, 6) is 0.838. The van der Waals surface area contributed by atoms with Crippen LogP contribution in [0.3, 0.4) is 0 Å². The van der Waals surface area contributed by atoms with Crippen molar-refractivity contribution < 1.29 is 14.3 Å². The highest BCUT2D eigenvalue weighted by atomic mass is 16.5. The fraction of sp³-hybridized carbons (Fsp3) is 0.500. The zero-order valence-electron chi connectivity index (χ0n) is 10.6. The average Bonchev–Trinajstić information content (AvgIpc) is 2.36. The number of hydrogen-bond donors (Lipinski definition) is 1. The van der Waals surface area contributed by atoms with Gasteiger partial charge in [0.25, 0.3) is 0 Å². The lowest BCUT2D eigenvalue weighted by molar-refractivity contribution is 0.0593. The highest BCUT2D eigenvalue weighted by molar-refractivity contribution is 5.92. The molecular formula is C14H19NO3. The maximum absolute atomic E-state index is 11.7. The van der Waals surface area contributed by atoms with E-state index in [-0.39, 0.29) is 5.97 Å². The monoisotopic (exact) mass is 249 g/mol. The van der Waals surface area contributed by atoms with Crippen LogP contribution in [0.25, 0.3) is 0 Å². The Morgan fingerprint density at radius 3 is 2.78 bits per heavy atom. The van der Waals surface area contributed by atoms with Gasteiger partial charge in [0.2, 0.25) is 0 Å². The standard InChI is InChI=1S/C14H19NO3/c1-17-14(16)12-7-11(8-15)5-6-13(12)18-9-10-3-2-4-10/h5-7,10H,2-4,8-9,15H2,1H3. The van der Waals surface area contributed by atoms with Crippen molar-refractivity contribution in [2.45, 2.75) is 25.8 Å². The zero-order chi connectivity index (χ0) is 13.0. The first kappa shape index (κ1) is 12.9. The summed E-state index contributed by atoms with van der Waals surface area (Å²) in [4.78, 5) is 11.7. The first-order valence-electron chi connectivity index (χ1n) is 6.28. The molecule has 0 aromatic heterocycles. The number of benzene rings is 1. The molecule has 1 fully saturated rings. The lowest BCUT2D eigenvalue weighted by atomic mass is 9.86. The Bertz CT molecular complexity index is 427. The first-order valence-corrected chi connectivity index (χ1v) is 6.28. The lowest BCUT2D eigenvalue weighted by Crippen LogP contribution is -2.20. The second kappa shape index (κ2) is 5.87. The van der Waals surface area contributed by atoms with E-state index >= 15 is 0 Å². The molecule has 2 rings (SSSR count). The second-order valence-corrected chi connectivity index (χ2v) is 4.63. The van der Waals surface area contributed by atoms with Crippen LogP contribution in [0, 0.1) is 5.92 Å². The van der Waals surface area contributed by atoms with Crippen molar-refractivity contribution in [2.24, 2.45) is 11.7 Å². The van der Waals surface area contributed by atoms with Crippen molar-refractivity contribution in [3.63, 3.8) is 0 Å². The summed E-state index contributed by atoms with van der Waals surface area (Å²) in [6, 6.07) is 5.41. The summed E-state index contributed by atoms with van der Waals surface area (Å²) in [7, 11) is 1.37. The summed E-state index contributed by atoms with van der Waals surface area (Å²) in [5.41, 5.74) is 6.92. The molecule has 18 heavy (non-hydrogen) atoms. The topological polar surface area (TPSA) is 61.5 Å². The van der Waals surface area contributed by atoms with Crippen molar-refractivity contribution in [1.29, 1.82) is 0 Å². The molecule has 0 radical (unpaired) electrons. The molecule has 0 bridgehead atoms. The Morgan fingerprint density at radius 2 is 2.22 bits per heavy atom. The van der Waals surface area contributed by atoms with Crippen LogP contribution in [-0.4, -0.2) is 19.7 Å². The highest BCUT2D eigenvalue weighted by Gasteiger charge is 2.20. The lowest BCUT2D eigenvalue weighted by Gasteiger charge is -2.25. The predicted molar refractivity (Wildman–Crippen MR) is 68.5 cm³/mol. The Hall–Kier alpha value is -1.55. The number of carbonyl (C=O) groups is 1. The predicted octanol–water partition coefficient (Wildman–Crippen LogP) is 2.11. The average molecular weight is 249 g/mol. The van der Waals surface area contributed by atoms with E-state index in [9.17, 15) is 4.79 Å². The van der Waals surface area contributed by atoms with Crippen molar-refractivity contribution >= 4 is 5.97 Å². The van der Waals surface area contributed by atoms with Gasteiger partial charge in [0.05, 0.1) is 13.7 Å². The highest BCUT2D eigenvalue weighted by Crippen LogP contribution is 2.28. The molecule has 0 unspecified atom stereocenters. The maximum atomic E-state index is 11.7. The molecule has 98 valence electrons. The maximum Gasteiger partial charge on any atom is 0.341 e. The van der Waals surface area contributed by atoms with Gasteiger partial charge in [-0.25, -0.2) is 4.79 Å². The van der Waals surface area contributed by atoms with Crippen LogP contribution in [0.5, 0.6) is 5.75 Å². The molecule has 1 saturated carbocycles. The van der Waals surface area contributed by atoms with E-state index in [1.54, 1.807) is 12.1 Å². The molecule has 0 saturated heterocycles. The second-order valence-electron chi connectivity index (χ2n) is 4.63. The fourth-order valence-electron chi connectivity index (χ4n) is 1.97. The molecule has 0 amide bonds. The van der Waals surface area contributed by atoms with Crippen LogP contribution < -0.4 is 10.5 Å². The van der Waals surface area contributed by atoms with Gasteiger partial charge in [0.15, 0.2) is 0 Å². The van der Waals surface area contributed by atoms with E-state index in [1.165, 1.54) is 26.4 Å². The quantitative estimate of drug-likeness (QED) is 0.812. The van der Waals surface area contributed by atoms with Crippen LogP contribution in [-0.2, 0) is 11.3 Å². The number of nitrogens with two attached hydrogens (primary N) is 1. The van der Waals surface area contributed by atoms with Gasteiger partial charge in [-0.1, -0.05) is 12.5 Å². The molecule has 1 aromatic carbocycles. The van der Waals surface area contributed by atoms with Crippen LogP contribution >= 0.6 is 0 Å². The molecule has 1 aromatic rings. The van der Waals surface area contributed by atoms with Gasteiger partial charge < -0.3 is 15.2 Å². The summed E-state index contributed by atoms with van der Waals surface area (Å²) < 4.78 is 10.5. The number of rotatable bonds is 5. The molecule has 4 nitrogen and oxygen atoms in total. The van der Waals surface area contributed by atoms with E-state index in [1.807, 2.05) is 6.07 Å². The van der Waals surface area contributed by atoms with Crippen LogP contribution in [0.2, 0.25) is 0 Å². The number of esters is 1. The van der Waals surface area contributed by atoms with Gasteiger partial charge >= 0.3 is 5.97 Å². The van der Waals surface area contributed by atoms with Crippen molar-refractivity contribution in [3.05, 3.63) is 29.3 Å². The van der Waals surface area contributed by atoms with Crippen molar-refractivity contribution in [3.8, 4) is 5.75 Å². The molecular weight excluding hydrogens is 230 g/mol. The summed E-state index contributed by atoms with van der Waals surface area (Å²) in [6.07, 6.45) is 3.72. The van der Waals surface area contributed by atoms with Gasteiger partial charge in [-0.2, -0.15) is 0 Å². The molecule has 1 aliphatic rings. The molecule has 1 aliphatic carbocycles. The van der Waals surface area contributed by atoms with E-state index in [4.69, 9.17) is 15.2 Å². The van der Waals surface area contributed by atoms with Crippen LogP contribution in [0.1, 0.15) is 35.2 Å². The Kier molecular flexibility index (Phi) is 4.20. The van der Waals surface area contributed by atoms with Crippen molar-refractivity contribution in [2.75, 3.05) is 13.7 Å². The zero-order valence-corrected chi connectivity index (χ0v) is 10.6. The third kappa shape index (κ3) is 2.82. The molecule has 0 aliphatic heterocycles. The van der Waals surface area contributed by atoms with Gasteiger partial charge in [0.1, 0.15) is 11.3 Å². The minimum Gasteiger partial charge on any atom is -0.492 e. The minimum atomic E-state index is -0.381. The van der Waals surface area contributed by atoms with Gasteiger partial charge in [-0.15, -0.1) is 0 Å². The summed E-state index contributed by atoms with van der Waals surface area (Å²) >= 11 is 0. The number of ether oxygens (including phenoxy) is 2.